The van der Waals surface area contributed by atoms with Crippen LogP contribution in [0.15, 0.2) is 22.7 Å². The standard InChI is InChI=1S/C15H23BrN2O/c1-12-8-13(4-5-15(12)16)9-17-10-14(19)11-18-6-2-3-7-18/h4-5,8,14,17,19H,2-3,6-7,9-11H2,1H3. The van der Waals surface area contributed by atoms with E-state index in [-0.39, 0.29) is 6.10 Å². The van der Waals surface area contributed by atoms with Gasteiger partial charge in [0.1, 0.15) is 0 Å². The molecule has 3 nitrogen and oxygen atoms in total. The van der Waals surface area contributed by atoms with Gasteiger partial charge in [0, 0.05) is 24.1 Å². The third-order valence-corrected chi connectivity index (χ3v) is 4.49. The largest absolute Gasteiger partial charge is 0.390 e. The van der Waals surface area contributed by atoms with Crippen molar-refractivity contribution in [2.75, 3.05) is 26.2 Å². The summed E-state index contributed by atoms with van der Waals surface area (Å²) in [5, 5.41) is 13.3. The zero-order chi connectivity index (χ0) is 13.7. The Balaban J connectivity index is 1.68. The highest BCUT2D eigenvalue weighted by Crippen LogP contribution is 2.16. The van der Waals surface area contributed by atoms with Crippen LogP contribution >= 0.6 is 15.9 Å². The molecular formula is C15H23BrN2O. The van der Waals surface area contributed by atoms with Crippen LogP contribution < -0.4 is 5.32 Å². The van der Waals surface area contributed by atoms with E-state index in [1.165, 1.54) is 24.0 Å². The maximum atomic E-state index is 9.97. The van der Waals surface area contributed by atoms with Crippen LogP contribution in [-0.2, 0) is 6.54 Å². The molecule has 4 heteroatoms. The van der Waals surface area contributed by atoms with E-state index in [0.717, 1.165) is 30.7 Å². The maximum Gasteiger partial charge on any atom is 0.0791 e. The molecule has 2 N–H and O–H groups in total. The predicted molar refractivity (Wildman–Crippen MR) is 82.3 cm³/mol. The number of aliphatic hydroxyl groups excluding tert-OH is 1. The first kappa shape index (κ1) is 15.0. The molecule has 2 rings (SSSR count). The maximum absolute atomic E-state index is 9.97. The Hall–Kier alpha value is -0.420. The van der Waals surface area contributed by atoms with Gasteiger partial charge in [0.25, 0.3) is 0 Å². The Kier molecular flexibility index (Phi) is 5.82. The van der Waals surface area contributed by atoms with Gasteiger partial charge in [-0.1, -0.05) is 28.1 Å². The number of nitrogens with zero attached hydrogens (tertiary/aromatic N) is 1. The van der Waals surface area contributed by atoms with Crippen LogP contribution in [0.4, 0.5) is 0 Å². The average molecular weight is 327 g/mol. The fourth-order valence-electron chi connectivity index (χ4n) is 2.53. The van der Waals surface area contributed by atoms with Gasteiger partial charge in [-0.15, -0.1) is 0 Å². The third kappa shape index (κ3) is 4.88. The minimum absolute atomic E-state index is 0.269. The Morgan fingerprint density at radius 1 is 1.37 bits per heavy atom. The van der Waals surface area contributed by atoms with Crippen LogP contribution in [0, 0.1) is 6.92 Å². The van der Waals surface area contributed by atoms with Crippen LogP contribution in [0.2, 0.25) is 0 Å². The highest BCUT2D eigenvalue weighted by Gasteiger charge is 2.15. The molecule has 1 aromatic rings. The average Bonchev–Trinajstić information content (AvgIpc) is 2.86. The molecular weight excluding hydrogens is 304 g/mol. The predicted octanol–water partition coefficient (Wildman–Crippen LogP) is 2.30. The van der Waals surface area contributed by atoms with E-state index >= 15 is 0 Å². The normalized spacial score (nSPS) is 17.8. The molecule has 0 saturated carbocycles. The quantitative estimate of drug-likeness (QED) is 0.842. The zero-order valence-electron chi connectivity index (χ0n) is 11.5. The second-order valence-electron chi connectivity index (χ2n) is 5.38. The molecule has 0 radical (unpaired) electrons. The lowest BCUT2D eigenvalue weighted by Crippen LogP contribution is -2.36. The second-order valence-corrected chi connectivity index (χ2v) is 6.23. The molecule has 0 aromatic heterocycles. The number of rotatable bonds is 6. The monoisotopic (exact) mass is 326 g/mol. The molecule has 1 atom stereocenters. The smallest absolute Gasteiger partial charge is 0.0791 e. The van der Waals surface area contributed by atoms with Crippen LogP contribution in [-0.4, -0.2) is 42.3 Å². The summed E-state index contributed by atoms with van der Waals surface area (Å²) in [4.78, 5) is 2.34. The summed E-state index contributed by atoms with van der Waals surface area (Å²) in [6.07, 6.45) is 2.28. The summed E-state index contributed by atoms with van der Waals surface area (Å²) >= 11 is 3.50. The summed E-state index contributed by atoms with van der Waals surface area (Å²) in [6.45, 7) is 6.64. The van der Waals surface area contributed by atoms with Crippen LogP contribution in [0.3, 0.4) is 0 Å². The zero-order valence-corrected chi connectivity index (χ0v) is 13.1. The number of aryl methyl sites for hydroxylation is 1. The number of likely N-dealkylation sites (tertiary alicyclic amines) is 1. The van der Waals surface area contributed by atoms with E-state index < -0.39 is 0 Å². The molecule has 1 fully saturated rings. The first-order valence-corrected chi connectivity index (χ1v) is 7.80. The molecule has 0 amide bonds. The topological polar surface area (TPSA) is 35.5 Å². The summed E-state index contributed by atoms with van der Waals surface area (Å²) in [6, 6.07) is 6.36. The van der Waals surface area contributed by atoms with Gasteiger partial charge in [0.15, 0.2) is 0 Å². The third-order valence-electron chi connectivity index (χ3n) is 3.60. The van der Waals surface area contributed by atoms with Gasteiger partial charge in [-0.05, 0) is 50.0 Å². The van der Waals surface area contributed by atoms with Gasteiger partial charge in [0.05, 0.1) is 6.10 Å². The minimum Gasteiger partial charge on any atom is -0.390 e. The molecule has 1 aliphatic heterocycles. The van der Waals surface area contributed by atoms with Crippen LogP contribution in [0.1, 0.15) is 24.0 Å². The Morgan fingerprint density at radius 2 is 2.11 bits per heavy atom. The van der Waals surface area contributed by atoms with Crippen molar-refractivity contribution in [3.63, 3.8) is 0 Å². The molecule has 1 aromatic carbocycles. The van der Waals surface area contributed by atoms with Crippen molar-refractivity contribution in [1.29, 1.82) is 0 Å². The highest BCUT2D eigenvalue weighted by atomic mass is 79.9. The van der Waals surface area contributed by atoms with Gasteiger partial charge in [0.2, 0.25) is 0 Å². The SMILES string of the molecule is Cc1cc(CNCC(O)CN2CCCC2)ccc1Br. The second kappa shape index (κ2) is 7.39. The Morgan fingerprint density at radius 3 is 2.79 bits per heavy atom. The summed E-state index contributed by atoms with van der Waals surface area (Å²) < 4.78 is 1.14. The van der Waals surface area contributed by atoms with Crippen molar-refractivity contribution in [3.05, 3.63) is 33.8 Å². The molecule has 0 bridgehead atoms. The lowest BCUT2D eigenvalue weighted by atomic mass is 10.1. The minimum atomic E-state index is -0.269. The number of hydrogen-bond acceptors (Lipinski definition) is 3. The van der Waals surface area contributed by atoms with Crippen LogP contribution in [0.5, 0.6) is 0 Å². The van der Waals surface area contributed by atoms with Crippen LogP contribution in [0.25, 0.3) is 0 Å². The lowest BCUT2D eigenvalue weighted by Gasteiger charge is -2.19. The Bertz CT molecular complexity index is 405. The fraction of sp³-hybridized carbons (Fsp3) is 0.600. The van der Waals surface area contributed by atoms with E-state index in [4.69, 9.17) is 0 Å². The number of β-amino-alcohol motifs (C(OH)–C–C–N with tert-alkyl or cyclic N) is 1. The molecule has 19 heavy (non-hydrogen) atoms. The van der Waals surface area contributed by atoms with Crippen molar-refractivity contribution in [1.82, 2.24) is 10.2 Å². The van der Waals surface area contributed by atoms with E-state index in [9.17, 15) is 5.11 Å². The highest BCUT2D eigenvalue weighted by molar-refractivity contribution is 9.10. The van der Waals surface area contributed by atoms with E-state index in [0.29, 0.717) is 6.54 Å². The number of hydrogen-bond donors (Lipinski definition) is 2. The van der Waals surface area contributed by atoms with Crippen molar-refractivity contribution in [2.24, 2.45) is 0 Å². The number of nitrogens with one attached hydrogen (secondary N) is 1. The summed E-state index contributed by atoms with van der Waals surface area (Å²) in [5.41, 5.74) is 2.51. The van der Waals surface area contributed by atoms with E-state index in [1.54, 1.807) is 0 Å². The molecule has 1 heterocycles. The lowest BCUT2D eigenvalue weighted by molar-refractivity contribution is 0.123. The van der Waals surface area contributed by atoms with Gasteiger partial charge in [-0.2, -0.15) is 0 Å². The van der Waals surface area contributed by atoms with Crippen molar-refractivity contribution in [3.8, 4) is 0 Å². The first-order valence-electron chi connectivity index (χ1n) is 7.01. The molecule has 1 aliphatic rings. The molecule has 106 valence electrons. The van der Waals surface area contributed by atoms with Crippen molar-refractivity contribution in [2.45, 2.75) is 32.4 Å². The first-order chi connectivity index (χ1) is 9.15. The molecule has 0 aliphatic carbocycles. The molecule has 1 unspecified atom stereocenters. The summed E-state index contributed by atoms with van der Waals surface area (Å²) in [5.74, 6) is 0. The number of aliphatic hydroxyl groups is 1. The van der Waals surface area contributed by atoms with E-state index in [1.807, 2.05) is 0 Å². The fourth-order valence-corrected chi connectivity index (χ4v) is 2.77. The van der Waals surface area contributed by atoms with E-state index in [2.05, 4.69) is 51.3 Å². The van der Waals surface area contributed by atoms with Gasteiger partial charge in [-0.3, -0.25) is 0 Å². The molecule has 1 saturated heterocycles. The molecule has 0 spiro atoms. The van der Waals surface area contributed by atoms with Crippen molar-refractivity contribution >= 4 is 15.9 Å². The van der Waals surface area contributed by atoms with Gasteiger partial charge >= 0.3 is 0 Å². The summed E-state index contributed by atoms with van der Waals surface area (Å²) in [7, 11) is 0. The number of halogens is 1. The van der Waals surface area contributed by atoms with Crippen molar-refractivity contribution < 1.29 is 5.11 Å². The Labute approximate surface area is 124 Å². The van der Waals surface area contributed by atoms with Gasteiger partial charge < -0.3 is 15.3 Å². The van der Waals surface area contributed by atoms with Gasteiger partial charge in [-0.25, -0.2) is 0 Å². The number of benzene rings is 1.